The highest BCUT2D eigenvalue weighted by molar-refractivity contribution is 6.12. The molecule has 0 atom stereocenters. The van der Waals surface area contributed by atoms with Crippen LogP contribution < -0.4 is 0 Å². The maximum Gasteiger partial charge on any atom is 0.0749 e. The quantitative estimate of drug-likeness (QED) is 0.380. The van der Waals surface area contributed by atoms with Crippen molar-refractivity contribution in [2.75, 3.05) is 0 Å². The van der Waals surface area contributed by atoms with Crippen LogP contribution in [0.3, 0.4) is 0 Å². The molecule has 2 aromatic carbocycles. The summed E-state index contributed by atoms with van der Waals surface area (Å²) in [5, 5.41) is 4.85. The Kier molecular flexibility index (Phi) is 2.98. The first kappa shape index (κ1) is 15.4. The summed E-state index contributed by atoms with van der Waals surface area (Å²) in [5.41, 5.74) is 6.75. The van der Waals surface area contributed by atoms with Crippen LogP contribution in [-0.4, -0.2) is 19.3 Å². The van der Waals surface area contributed by atoms with Crippen molar-refractivity contribution in [2.45, 2.75) is 13.8 Å². The molecule has 4 aromatic heterocycles. The minimum Gasteiger partial charge on any atom is -0.261 e. The molecule has 0 unspecified atom stereocenters. The SMILES string of the molecule is Cc1nccc2c1c1ccccc1n2-n1c2ccccc2c2c(C)nccc21. The average Bonchev–Trinajstić information content (AvgIpc) is 3.22. The molecule has 0 radical (unpaired) electrons. The van der Waals surface area contributed by atoms with E-state index in [0.29, 0.717) is 0 Å². The van der Waals surface area contributed by atoms with Crippen molar-refractivity contribution < 1.29 is 0 Å². The molecular formula is C24H18N4. The Hall–Kier alpha value is -3.66. The van der Waals surface area contributed by atoms with Gasteiger partial charge in [0, 0.05) is 45.3 Å². The highest BCUT2D eigenvalue weighted by Gasteiger charge is 2.19. The topological polar surface area (TPSA) is 35.6 Å². The van der Waals surface area contributed by atoms with Gasteiger partial charge in [-0.3, -0.25) is 9.97 Å². The van der Waals surface area contributed by atoms with Crippen LogP contribution >= 0.6 is 0 Å². The van der Waals surface area contributed by atoms with E-state index >= 15 is 0 Å². The Morgan fingerprint density at radius 1 is 0.536 bits per heavy atom. The van der Waals surface area contributed by atoms with E-state index in [1.54, 1.807) is 0 Å². The molecule has 0 aliphatic carbocycles. The van der Waals surface area contributed by atoms with Gasteiger partial charge in [-0.25, -0.2) is 9.35 Å². The lowest BCUT2D eigenvalue weighted by Gasteiger charge is -2.13. The summed E-state index contributed by atoms with van der Waals surface area (Å²) in [6.45, 7) is 4.16. The van der Waals surface area contributed by atoms with Crippen LogP contribution in [0.1, 0.15) is 11.4 Å². The van der Waals surface area contributed by atoms with Gasteiger partial charge in [0.25, 0.3) is 0 Å². The van der Waals surface area contributed by atoms with Gasteiger partial charge < -0.3 is 0 Å². The molecule has 0 aliphatic heterocycles. The number of pyridine rings is 2. The van der Waals surface area contributed by atoms with Crippen molar-refractivity contribution in [2.24, 2.45) is 0 Å². The largest absolute Gasteiger partial charge is 0.261 e. The van der Waals surface area contributed by atoms with Gasteiger partial charge in [-0.2, -0.15) is 0 Å². The van der Waals surface area contributed by atoms with Crippen molar-refractivity contribution in [3.8, 4) is 0 Å². The molecule has 28 heavy (non-hydrogen) atoms. The van der Waals surface area contributed by atoms with Crippen LogP contribution in [0, 0.1) is 13.8 Å². The zero-order valence-corrected chi connectivity index (χ0v) is 15.7. The minimum absolute atomic E-state index is 1.05. The first-order chi connectivity index (χ1) is 13.8. The van der Waals surface area contributed by atoms with E-state index in [9.17, 15) is 0 Å². The van der Waals surface area contributed by atoms with Crippen LogP contribution in [0.15, 0.2) is 73.1 Å². The normalized spacial score (nSPS) is 11.9. The van der Waals surface area contributed by atoms with E-state index in [0.717, 1.165) is 22.4 Å². The Labute approximate surface area is 161 Å². The Bertz CT molecular complexity index is 1420. The standard InChI is InChI=1S/C24H18N4/c1-15-23-17-7-3-5-9-19(17)27(21(23)11-13-25-15)28-20-10-6-4-8-18(20)24-16(2)26-14-12-22(24)28/h3-14H,1-2H3. The summed E-state index contributed by atoms with van der Waals surface area (Å²) >= 11 is 0. The highest BCUT2D eigenvalue weighted by atomic mass is 15.5. The fourth-order valence-electron chi connectivity index (χ4n) is 4.55. The smallest absolute Gasteiger partial charge is 0.0749 e. The first-order valence-corrected chi connectivity index (χ1v) is 9.46. The van der Waals surface area contributed by atoms with Crippen LogP contribution in [0.4, 0.5) is 0 Å². The average molecular weight is 362 g/mol. The van der Waals surface area contributed by atoms with E-state index in [-0.39, 0.29) is 0 Å². The Balaban J connectivity index is 1.94. The molecule has 0 saturated heterocycles. The number of hydrogen-bond donors (Lipinski definition) is 0. The van der Waals surface area contributed by atoms with Gasteiger partial charge in [-0.05, 0) is 38.1 Å². The zero-order chi connectivity index (χ0) is 18.8. The van der Waals surface area contributed by atoms with Crippen LogP contribution in [-0.2, 0) is 0 Å². The first-order valence-electron chi connectivity index (χ1n) is 9.46. The van der Waals surface area contributed by atoms with Crippen LogP contribution in [0.5, 0.6) is 0 Å². The van der Waals surface area contributed by atoms with Gasteiger partial charge in [0.1, 0.15) is 0 Å². The Morgan fingerprint density at radius 3 is 1.43 bits per heavy atom. The third-order valence-electron chi connectivity index (χ3n) is 5.70. The van der Waals surface area contributed by atoms with Gasteiger partial charge in [0.2, 0.25) is 0 Å². The monoisotopic (exact) mass is 362 g/mol. The number of benzene rings is 2. The number of aryl methyl sites for hydroxylation is 2. The summed E-state index contributed by atoms with van der Waals surface area (Å²) < 4.78 is 4.65. The van der Waals surface area contributed by atoms with Crippen LogP contribution in [0.2, 0.25) is 0 Å². The molecule has 0 N–H and O–H groups in total. The number of nitrogens with zero attached hydrogens (tertiary/aromatic N) is 4. The summed E-state index contributed by atoms with van der Waals surface area (Å²) in [6.07, 6.45) is 3.79. The second kappa shape index (κ2) is 5.42. The van der Waals surface area contributed by atoms with E-state index < -0.39 is 0 Å². The predicted octanol–water partition coefficient (Wildman–Crippen LogP) is 5.62. The molecule has 4 heterocycles. The molecule has 0 spiro atoms. The molecular weight excluding hydrogens is 344 g/mol. The molecule has 4 nitrogen and oxygen atoms in total. The number of aromatic nitrogens is 4. The van der Waals surface area contributed by atoms with Crippen molar-refractivity contribution >= 4 is 43.6 Å². The molecule has 0 amide bonds. The maximum absolute atomic E-state index is 4.56. The van der Waals surface area contributed by atoms with Gasteiger partial charge in [0.05, 0.1) is 22.1 Å². The second-order valence-electron chi connectivity index (χ2n) is 7.24. The van der Waals surface area contributed by atoms with Crippen LogP contribution in [0.25, 0.3) is 43.6 Å². The van der Waals surface area contributed by atoms with Crippen molar-refractivity contribution in [1.29, 1.82) is 0 Å². The second-order valence-corrected chi connectivity index (χ2v) is 7.24. The lowest BCUT2D eigenvalue weighted by atomic mass is 10.1. The molecule has 6 rings (SSSR count). The number of hydrogen-bond acceptors (Lipinski definition) is 2. The summed E-state index contributed by atoms with van der Waals surface area (Å²) in [7, 11) is 0. The molecule has 6 aromatic rings. The van der Waals surface area contributed by atoms with Gasteiger partial charge >= 0.3 is 0 Å². The molecule has 0 aliphatic rings. The molecule has 0 fully saturated rings. The lowest BCUT2D eigenvalue weighted by Crippen LogP contribution is -2.08. The molecule has 0 bridgehead atoms. The fourth-order valence-corrected chi connectivity index (χ4v) is 4.55. The maximum atomic E-state index is 4.56. The fraction of sp³-hybridized carbons (Fsp3) is 0.0833. The zero-order valence-electron chi connectivity index (χ0n) is 15.7. The highest BCUT2D eigenvalue weighted by Crippen LogP contribution is 2.36. The summed E-state index contributed by atoms with van der Waals surface area (Å²) in [4.78, 5) is 9.12. The van der Waals surface area contributed by atoms with Crippen molar-refractivity contribution in [3.05, 3.63) is 84.4 Å². The van der Waals surface area contributed by atoms with E-state index in [2.05, 4.69) is 93.8 Å². The lowest BCUT2D eigenvalue weighted by molar-refractivity contribution is 0.773. The van der Waals surface area contributed by atoms with E-state index in [1.807, 2.05) is 12.4 Å². The number of fused-ring (bicyclic) bond motifs is 6. The van der Waals surface area contributed by atoms with Gasteiger partial charge in [0.15, 0.2) is 0 Å². The molecule has 134 valence electrons. The Morgan fingerprint density at radius 2 is 0.964 bits per heavy atom. The summed E-state index contributed by atoms with van der Waals surface area (Å²) in [5.74, 6) is 0. The molecule has 0 saturated carbocycles. The molecule has 4 heteroatoms. The van der Waals surface area contributed by atoms with E-state index in [1.165, 1.54) is 32.6 Å². The van der Waals surface area contributed by atoms with Gasteiger partial charge in [-0.15, -0.1) is 0 Å². The number of rotatable bonds is 1. The third kappa shape index (κ3) is 1.84. The number of para-hydroxylation sites is 2. The van der Waals surface area contributed by atoms with Crippen molar-refractivity contribution in [1.82, 2.24) is 19.3 Å². The predicted molar refractivity (Wildman–Crippen MR) is 115 cm³/mol. The summed E-state index contributed by atoms with van der Waals surface area (Å²) in [6, 6.07) is 21.3. The van der Waals surface area contributed by atoms with Crippen molar-refractivity contribution in [3.63, 3.8) is 0 Å². The van der Waals surface area contributed by atoms with E-state index in [4.69, 9.17) is 0 Å². The third-order valence-corrected chi connectivity index (χ3v) is 5.70. The van der Waals surface area contributed by atoms with Gasteiger partial charge in [-0.1, -0.05) is 36.4 Å². The minimum atomic E-state index is 1.05.